The van der Waals surface area contributed by atoms with E-state index in [1.807, 2.05) is 41.8 Å². The number of hydrogen-bond donors (Lipinski definition) is 1. The minimum Gasteiger partial charge on any atom is -0.360 e. The Morgan fingerprint density at radius 2 is 2.03 bits per heavy atom. The molecule has 0 bridgehead atoms. The van der Waals surface area contributed by atoms with Crippen molar-refractivity contribution in [1.82, 2.24) is 14.7 Å². The monoisotopic (exact) mass is 393 g/mol. The first kappa shape index (κ1) is 18.9. The van der Waals surface area contributed by atoms with E-state index >= 15 is 0 Å². The van der Waals surface area contributed by atoms with Crippen molar-refractivity contribution in [3.63, 3.8) is 0 Å². The second-order valence-corrected chi connectivity index (χ2v) is 7.00. The predicted octanol–water partition coefficient (Wildman–Crippen LogP) is 3.43. The average molecular weight is 393 g/mol. The van der Waals surface area contributed by atoms with Gasteiger partial charge >= 0.3 is 0 Å². The molecule has 150 valence electrons. The molecule has 1 aliphatic heterocycles. The van der Waals surface area contributed by atoms with Gasteiger partial charge in [-0.1, -0.05) is 23.4 Å². The molecule has 0 radical (unpaired) electrons. The molecular formula is C21H23N5O3. The zero-order chi connectivity index (χ0) is 20.4. The number of para-hydroxylation sites is 1. The fraction of sp³-hybridized carbons (Fsp3) is 0.333. The number of carbonyl (C=O) groups is 2. The first-order chi connectivity index (χ1) is 14.1. The molecule has 4 rings (SSSR count). The second kappa shape index (κ2) is 7.90. The highest BCUT2D eigenvalue weighted by Gasteiger charge is 2.30. The molecule has 29 heavy (non-hydrogen) atoms. The number of amides is 2. The van der Waals surface area contributed by atoms with Gasteiger partial charge in [0.2, 0.25) is 5.82 Å². The molecule has 1 N–H and O–H groups in total. The summed E-state index contributed by atoms with van der Waals surface area (Å²) in [6.07, 6.45) is 2.61. The highest BCUT2D eigenvalue weighted by atomic mass is 16.5. The zero-order valence-corrected chi connectivity index (χ0v) is 16.5. The van der Waals surface area contributed by atoms with Gasteiger partial charge in [0.15, 0.2) is 11.5 Å². The molecule has 0 atom stereocenters. The SMILES string of the molecule is CCN(C(=O)c1nc(C(=O)Nc2cc(C)on2)c2n1CCCC2)c1ccccc1. The number of aryl methyl sites for hydroxylation is 1. The van der Waals surface area contributed by atoms with E-state index in [1.54, 1.807) is 17.9 Å². The van der Waals surface area contributed by atoms with E-state index in [4.69, 9.17) is 4.52 Å². The Bertz CT molecular complexity index is 1040. The molecule has 0 fully saturated rings. The minimum atomic E-state index is -0.384. The first-order valence-corrected chi connectivity index (χ1v) is 9.79. The van der Waals surface area contributed by atoms with Gasteiger partial charge in [0.25, 0.3) is 11.8 Å². The maximum absolute atomic E-state index is 13.3. The van der Waals surface area contributed by atoms with Crippen molar-refractivity contribution in [3.05, 3.63) is 59.4 Å². The fourth-order valence-electron chi connectivity index (χ4n) is 3.66. The molecule has 2 amide bonds. The van der Waals surface area contributed by atoms with Crippen LogP contribution in [0.2, 0.25) is 0 Å². The summed E-state index contributed by atoms with van der Waals surface area (Å²) >= 11 is 0. The van der Waals surface area contributed by atoms with Gasteiger partial charge in [0.05, 0.1) is 5.69 Å². The quantitative estimate of drug-likeness (QED) is 0.717. The molecule has 0 unspecified atom stereocenters. The maximum atomic E-state index is 13.3. The molecule has 2 aromatic heterocycles. The first-order valence-electron chi connectivity index (χ1n) is 9.79. The Labute approximate surface area is 168 Å². The van der Waals surface area contributed by atoms with Crippen molar-refractivity contribution in [1.29, 1.82) is 0 Å². The number of nitrogens with one attached hydrogen (secondary N) is 1. The van der Waals surface area contributed by atoms with Gasteiger partial charge in [-0.15, -0.1) is 0 Å². The summed E-state index contributed by atoms with van der Waals surface area (Å²) in [6, 6.07) is 11.1. The van der Waals surface area contributed by atoms with Gasteiger partial charge < -0.3 is 19.3 Å². The molecular weight excluding hydrogens is 370 g/mol. The minimum absolute atomic E-state index is 0.210. The van der Waals surface area contributed by atoms with Gasteiger partial charge in [-0.2, -0.15) is 0 Å². The number of aromatic nitrogens is 3. The van der Waals surface area contributed by atoms with Crippen LogP contribution in [0.25, 0.3) is 0 Å². The van der Waals surface area contributed by atoms with E-state index in [-0.39, 0.29) is 17.5 Å². The fourth-order valence-corrected chi connectivity index (χ4v) is 3.66. The van der Waals surface area contributed by atoms with Crippen LogP contribution >= 0.6 is 0 Å². The Morgan fingerprint density at radius 3 is 2.72 bits per heavy atom. The highest BCUT2D eigenvalue weighted by Crippen LogP contribution is 2.24. The van der Waals surface area contributed by atoms with Crippen molar-refractivity contribution in [2.75, 3.05) is 16.8 Å². The number of imidazole rings is 1. The predicted molar refractivity (Wildman–Crippen MR) is 108 cm³/mol. The summed E-state index contributed by atoms with van der Waals surface area (Å²) in [5, 5.41) is 6.51. The maximum Gasteiger partial charge on any atom is 0.294 e. The number of benzene rings is 1. The Kier molecular flexibility index (Phi) is 5.16. The Hall–Kier alpha value is -3.42. The van der Waals surface area contributed by atoms with Crippen molar-refractivity contribution in [2.45, 2.75) is 39.7 Å². The standard InChI is InChI=1S/C21H23N5O3/c1-3-25(15-9-5-4-6-10-15)21(28)19-23-18(16-11-7-8-12-26(16)19)20(27)22-17-13-14(2)29-24-17/h4-6,9-10,13H,3,7-8,11-12H2,1-2H3,(H,22,24,27). The van der Waals surface area contributed by atoms with Crippen molar-refractivity contribution in [3.8, 4) is 0 Å². The number of rotatable bonds is 5. The highest BCUT2D eigenvalue weighted by molar-refractivity contribution is 6.07. The second-order valence-electron chi connectivity index (χ2n) is 7.00. The van der Waals surface area contributed by atoms with E-state index in [0.29, 0.717) is 36.9 Å². The molecule has 0 saturated heterocycles. The number of fused-ring (bicyclic) bond motifs is 1. The lowest BCUT2D eigenvalue weighted by atomic mass is 10.1. The van der Waals surface area contributed by atoms with Gasteiger partial charge in [-0.05, 0) is 45.2 Å². The summed E-state index contributed by atoms with van der Waals surface area (Å²) < 4.78 is 6.89. The molecule has 0 saturated carbocycles. The molecule has 3 aromatic rings. The normalized spacial score (nSPS) is 13.0. The van der Waals surface area contributed by atoms with Gasteiger partial charge in [-0.3, -0.25) is 9.59 Å². The number of anilines is 2. The van der Waals surface area contributed by atoms with Crippen LogP contribution in [0.15, 0.2) is 40.9 Å². The molecule has 0 spiro atoms. The summed E-state index contributed by atoms with van der Waals surface area (Å²) in [5.74, 6) is 0.637. The Balaban J connectivity index is 1.69. The summed E-state index contributed by atoms with van der Waals surface area (Å²) in [6.45, 7) is 4.85. The largest absolute Gasteiger partial charge is 0.360 e. The van der Waals surface area contributed by atoms with E-state index in [1.165, 1.54) is 0 Å². The number of hydrogen-bond acceptors (Lipinski definition) is 5. The molecule has 1 aromatic carbocycles. The topological polar surface area (TPSA) is 93.3 Å². The average Bonchev–Trinajstić information content (AvgIpc) is 3.32. The third-order valence-electron chi connectivity index (χ3n) is 5.02. The third-order valence-corrected chi connectivity index (χ3v) is 5.02. The molecule has 1 aliphatic rings. The number of carbonyl (C=O) groups excluding carboxylic acids is 2. The van der Waals surface area contributed by atoms with Crippen molar-refractivity contribution >= 4 is 23.3 Å². The van der Waals surface area contributed by atoms with Crippen LogP contribution in [-0.4, -0.2) is 33.1 Å². The summed E-state index contributed by atoms with van der Waals surface area (Å²) in [7, 11) is 0. The van der Waals surface area contributed by atoms with Crippen LogP contribution in [0.1, 0.15) is 52.3 Å². The van der Waals surface area contributed by atoms with Crippen molar-refractivity contribution in [2.24, 2.45) is 0 Å². The van der Waals surface area contributed by atoms with Crippen LogP contribution < -0.4 is 10.2 Å². The van der Waals surface area contributed by atoms with Crippen LogP contribution in [0.5, 0.6) is 0 Å². The smallest absolute Gasteiger partial charge is 0.294 e. The van der Waals surface area contributed by atoms with Gasteiger partial charge in [0, 0.05) is 24.8 Å². The summed E-state index contributed by atoms with van der Waals surface area (Å²) in [5.41, 5.74) is 1.87. The van der Waals surface area contributed by atoms with Gasteiger partial charge in [-0.25, -0.2) is 4.98 Å². The molecule has 0 aliphatic carbocycles. The molecule has 8 heteroatoms. The summed E-state index contributed by atoms with van der Waals surface area (Å²) in [4.78, 5) is 32.3. The zero-order valence-electron chi connectivity index (χ0n) is 16.5. The van der Waals surface area contributed by atoms with Crippen LogP contribution in [0, 0.1) is 6.92 Å². The lowest BCUT2D eigenvalue weighted by Gasteiger charge is -2.22. The lowest BCUT2D eigenvalue weighted by Crippen LogP contribution is -2.33. The van der Waals surface area contributed by atoms with E-state index in [2.05, 4.69) is 15.5 Å². The van der Waals surface area contributed by atoms with Crippen molar-refractivity contribution < 1.29 is 14.1 Å². The molecule has 8 nitrogen and oxygen atoms in total. The van der Waals surface area contributed by atoms with E-state index in [9.17, 15) is 9.59 Å². The van der Waals surface area contributed by atoms with Crippen LogP contribution in [-0.2, 0) is 13.0 Å². The van der Waals surface area contributed by atoms with E-state index < -0.39 is 0 Å². The van der Waals surface area contributed by atoms with Crippen LogP contribution in [0.4, 0.5) is 11.5 Å². The number of nitrogens with zero attached hydrogens (tertiary/aromatic N) is 4. The third kappa shape index (κ3) is 3.65. The van der Waals surface area contributed by atoms with Gasteiger partial charge in [0.1, 0.15) is 5.76 Å². The van der Waals surface area contributed by atoms with Crippen LogP contribution in [0.3, 0.4) is 0 Å². The Morgan fingerprint density at radius 1 is 1.24 bits per heavy atom. The molecule has 3 heterocycles. The lowest BCUT2D eigenvalue weighted by molar-refractivity contribution is 0.0973. The van der Waals surface area contributed by atoms with E-state index in [0.717, 1.165) is 24.2 Å².